The molecule has 2 unspecified atom stereocenters. The first-order chi connectivity index (χ1) is 8.09. The van der Waals surface area contributed by atoms with Crippen LogP contribution in [0.15, 0.2) is 12.4 Å². The molecule has 1 N–H and O–H groups in total. The first-order valence-corrected chi connectivity index (χ1v) is 5.41. The van der Waals surface area contributed by atoms with Crippen molar-refractivity contribution in [2.24, 2.45) is 5.92 Å². The second-order valence-corrected chi connectivity index (χ2v) is 4.18. The molecule has 2 heterocycles. The van der Waals surface area contributed by atoms with Crippen LogP contribution in [0.5, 0.6) is 0 Å². The van der Waals surface area contributed by atoms with Crippen LogP contribution in [0.2, 0.25) is 0 Å². The van der Waals surface area contributed by atoms with Crippen LogP contribution >= 0.6 is 0 Å². The lowest BCUT2D eigenvalue weighted by Crippen LogP contribution is -2.41. The third kappa shape index (κ3) is 2.36. The molecular weight excluding hydrogens is 222 g/mol. The number of carbonyl (C=O) groups is 1. The van der Waals surface area contributed by atoms with Crippen LogP contribution < -0.4 is 4.90 Å². The summed E-state index contributed by atoms with van der Waals surface area (Å²) in [6.07, 6.45) is 1.48. The van der Waals surface area contributed by atoms with E-state index in [0.29, 0.717) is 6.61 Å². The Labute approximate surface area is 99.2 Å². The van der Waals surface area contributed by atoms with Gasteiger partial charge in [0.15, 0.2) is 0 Å². The summed E-state index contributed by atoms with van der Waals surface area (Å²) in [6, 6.07) is 1.65. The fourth-order valence-corrected chi connectivity index (χ4v) is 1.96. The molecule has 0 spiro atoms. The lowest BCUT2D eigenvalue weighted by molar-refractivity contribution is -0.141. The average molecular weight is 237 g/mol. The second-order valence-electron chi connectivity index (χ2n) is 4.18. The molecule has 1 aromatic heterocycles. The summed E-state index contributed by atoms with van der Waals surface area (Å²) < 4.78 is 5.24. The molecule has 92 valence electrons. The van der Waals surface area contributed by atoms with E-state index in [4.69, 9.17) is 9.84 Å². The fraction of sp³-hybridized carbons (Fsp3) is 0.545. The Balaban J connectivity index is 2.19. The van der Waals surface area contributed by atoms with Crippen LogP contribution in [0.1, 0.15) is 5.69 Å². The predicted octanol–water partition coefficient (Wildman–Crippen LogP) is 0.321. The molecule has 2 rings (SSSR count). The number of likely N-dealkylation sites (N-methyl/N-ethyl adjacent to an activating group) is 1. The van der Waals surface area contributed by atoms with Gasteiger partial charge in [0.25, 0.3) is 0 Å². The van der Waals surface area contributed by atoms with Crippen molar-refractivity contribution in [3.63, 3.8) is 0 Å². The molecule has 6 nitrogen and oxygen atoms in total. The number of rotatable bonds is 3. The lowest BCUT2D eigenvalue weighted by atomic mass is 10.0. The van der Waals surface area contributed by atoms with Gasteiger partial charge in [0.1, 0.15) is 18.1 Å². The topological polar surface area (TPSA) is 75.5 Å². The molecule has 0 radical (unpaired) electrons. The van der Waals surface area contributed by atoms with Crippen molar-refractivity contribution in [2.45, 2.75) is 13.0 Å². The van der Waals surface area contributed by atoms with Gasteiger partial charge in [-0.15, -0.1) is 0 Å². The van der Waals surface area contributed by atoms with Gasteiger partial charge in [0.05, 0.1) is 19.3 Å². The Morgan fingerprint density at radius 1 is 1.53 bits per heavy atom. The third-order valence-corrected chi connectivity index (χ3v) is 3.02. The summed E-state index contributed by atoms with van der Waals surface area (Å²) in [4.78, 5) is 21.1. The molecule has 1 aliphatic rings. The van der Waals surface area contributed by atoms with E-state index in [9.17, 15) is 4.79 Å². The highest BCUT2D eigenvalue weighted by atomic mass is 16.5. The van der Waals surface area contributed by atoms with Crippen LogP contribution in [0, 0.1) is 12.8 Å². The highest BCUT2D eigenvalue weighted by Gasteiger charge is 2.37. The zero-order valence-corrected chi connectivity index (χ0v) is 9.83. The van der Waals surface area contributed by atoms with Gasteiger partial charge in [-0.3, -0.25) is 4.79 Å². The van der Waals surface area contributed by atoms with E-state index in [1.54, 1.807) is 0 Å². The Morgan fingerprint density at radius 3 is 2.94 bits per heavy atom. The van der Waals surface area contributed by atoms with Gasteiger partial charge in [-0.05, 0) is 6.92 Å². The summed E-state index contributed by atoms with van der Waals surface area (Å²) in [5, 5.41) is 9.09. The first-order valence-electron chi connectivity index (χ1n) is 5.41. The highest BCUT2D eigenvalue weighted by Crippen LogP contribution is 2.23. The van der Waals surface area contributed by atoms with Gasteiger partial charge in [-0.1, -0.05) is 0 Å². The molecule has 0 aliphatic carbocycles. The number of carboxylic acids is 1. The fourth-order valence-electron chi connectivity index (χ4n) is 1.96. The minimum atomic E-state index is -0.829. The van der Waals surface area contributed by atoms with Crippen molar-refractivity contribution >= 4 is 11.8 Å². The maximum Gasteiger partial charge on any atom is 0.311 e. The zero-order valence-electron chi connectivity index (χ0n) is 9.83. The quantitative estimate of drug-likeness (QED) is 0.816. The maximum absolute atomic E-state index is 11.1. The van der Waals surface area contributed by atoms with Gasteiger partial charge in [-0.25, -0.2) is 9.97 Å². The minimum absolute atomic E-state index is 0.179. The molecule has 0 saturated carbocycles. The normalized spacial score (nSPS) is 23.6. The molecule has 1 saturated heterocycles. The van der Waals surface area contributed by atoms with Crippen molar-refractivity contribution in [1.82, 2.24) is 9.97 Å². The molecule has 0 bridgehead atoms. The second kappa shape index (κ2) is 4.67. The van der Waals surface area contributed by atoms with Crippen molar-refractivity contribution in [3.05, 3.63) is 18.1 Å². The van der Waals surface area contributed by atoms with E-state index in [2.05, 4.69) is 9.97 Å². The Morgan fingerprint density at radius 2 is 2.29 bits per heavy atom. The molecule has 2 atom stereocenters. The van der Waals surface area contributed by atoms with E-state index >= 15 is 0 Å². The number of carboxylic acid groups (broad SMARTS) is 1. The largest absolute Gasteiger partial charge is 0.481 e. The Hall–Kier alpha value is -1.69. The van der Waals surface area contributed by atoms with Crippen LogP contribution in [0.3, 0.4) is 0 Å². The number of nitrogens with zero attached hydrogens (tertiary/aromatic N) is 3. The van der Waals surface area contributed by atoms with E-state index in [-0.39, 0.29) is 12.6 Å². The molecule has 6 heteroatoms. The molecule has 1 aliphatic heterocycles. The van der Waals surface area contributed by atoms with Gasteiger partial charge < -0.3 is 14.7 Å². The van der Waals surface area contributed by atoms with E-state index < -0.39 is 11.9 Å². The molecule has 17 heavy (non-hydrogen) atoms. The van der Waals surface area contributed by atoms with Gasteiger partial charge in [0.2, 0.25) is 0 Å². The average Bonchev–Trinajstić information content (AvgIpc) is 2.77. The number of hydrogen-bond acceptors (Lipinski definition) is 5. The number of hydrogen-bond donors (Lipinski definition) is 1. The van der Waals surface area contributed by atoms with Crippen LogP contribution in [0.4, 0.5) is 5.82 Å². The monoisotopic (exact) mass is 237 g/mol. The first kappa shape index (κ1) is 11.8. The van der Waals surface area contributed by atoms with Gasteiger partial charge in [0, 0.05) is 18.8 Å². The van der Waals surface area contributed by atoms with E-state index in [1.165, 1.54) is 6.33 Å². The lowest BCUT2D eigenvalue weighted by Gasteiger charge is -2.27. The SMILES string of the molecule is Cc1cc(N(C)C2COCC2C(=O)O)ncn1. The minimum Gasteiger partial charge on any atom is -0.481 e. The molecule has 1 fully saturated rings. The maximum atomic E-state index is 11.1. The number of aliphatic carboxylic acids is 1. The zero-order chi connectivity index (χ0) is 12.4. The van der Waals surface area contributed by atoms with E-state index in [1.807, 2.05) is 24.9 Å². The molecular formula is C11H15N3O3. The smallest absolute Gasteiger partial charge is 0.311 e. The van der Waals surface area contributed by atoms with E-state index in [0.717, 1.165) is 11.5 Å². The summed E-state index contributed by atoms with van der Waals surface area (Å²) in [7, 11) is 1.83. The molecule has 0 aromatic carbocycles. The van der Waals surface area contributed by atoms with Crippen LogP contribution in [-0.4, -0.2) is 47.3 Å². The van der Waals surface area contributed by atoms with Crippen LogP contribution in [0.25, 0.3) is 0 Å². The summed E-state index contributed by atoms with van der Waals surface area (Å²) >= 11 is 0. The summed E-state index contributed by atoms with van der Waals surface area (Å²) in [5.41, 5.74) is 0.854. The Kier molecular flexibility index (Phi) is 3.23. The van der Waals surface area contributed by atoms with Crippen molar-refractivity contribution in [3.8, 4) is 0 Å². The highest BCUT2D eigenvalue weighted by molar-refractivity contribution is 5.72. The van der Waals surface area contributed by atoms with Gasteiger partial charge in [-0.2, -0.15) is 0 Å². The standard InChI is InChI=1S/C11H15N3O3/c1-7-3-10(13-6-12-7)14(2)9-5-17-4-8(9)11(15)16/h3,6,8-9H,4-5H2,1-2H3,(H,15,16). The number of anilines is 1. The predicted molar refractivity (Wildman–Crippen MR) is 60.9 cm³/mol. The van der Waals surface area contributed by atoms with Crippen molar-refractivity contribution in [2.75, 3.05) is 25.2 Å². The van der Waals surface area contributed by atoms with Crippen molar-refractivity contribution in [1.29, 1.82) is 0 Å². The number of ether oxygens (including phenoxy) is 1. The molecule has 1 aromatic rings. The third-order valence-electron chi connectivity index (χ3n) is 3.02. The number of aryl methyl sites for hydroxylation is 1. The summed E-state index contributed by atoms with van der Waals surface area (Å²) in [5.74, 6) is -0.611. The van der Waals surface area contributed by atoms with Gasteiger partial charge >= 0.3 is 5.97 Å². The number of aromatic nitrogens is 2. The van der Waals surface area contributed by atoms with Crippen molar-refractivity contribution < 1.29 is 14.6 Å². The van der Waals surface area contributed by atoms with Crippen LogP contribution in [-0.2, 0) is 9.53 Å². The molecule has 0 amide bonds. The Bertz CT molecular complexity index is 424. The summed E-state index contributed by atoms with van der Waals surface area (Å²) in [6.45, 7) is 2.55.